The maximum Gasteiger partial charge on any atom is 0.255 e. The lowest BCUT2D eigenvalue weighted by atomic mass is 10.1. The quantitative estimate of drug-likeness (QED) is 0.941. The summed E-state index contributed by atoms with van der Waals surface area (Å²) in [6.07, 6.45) is 7.05. The fourth-order valence-corrected chi connectivity index (χ4v) is 2.70. The van der Waals surface area contributed by atoms with Crippen LogP contribution in [0.15, 0.2) is 42.7 Å². The molecule has 0 radical (unpaired) electrons. The molecule has 0 bridgehead atoms. The Hall–Kier alpha value is -2.43. The standard InChI is InChI=1S/C17H20N4O/c22-17(20-13-14-7-2-3-9-18-14)15-8-6-10-19-16(15)21-11-4-1-5-12-21/h2-3,6-10H,1,4-5,11-13H2,(H,20,22). The molecule has 0 aliphatic carbocycles. The van der Waals surface area contributed by atoms with Crippen molar-refractivity contribution in [3.05, 3.63) is 54.0 Å². The van der Waals surface area contributed by atoms with Crippen molar-refractivity contribution in [3.63, 3.8) is 0 Å². The molecule has 3 rings (SSSR count). The maximum atomic E-state index is 12.5. The molecular formula is C17H20N4O. The number of piperidine rings is 1. The van der Waals surface area contributed by atoms with Crippen LogP contribution in [0, 0.1) is 0 Å². The summed E-state index contributed by atoms with van der Waals surface area (Å²) >= 11 is 0. The maximum absolute atomic E-state index is 12.5. The number of hydrogen-bond acceptors (Lipinski definition) is 4. The highest BCUT2D eigenvalue weighted by atomic mass is 16.1. The minimum Gasteiger partial charge on any atom is -0.356 e. The van der Waals surface area contributed by atoms with E-state index in [0.29, 0.717) is 12.1 Å². The first-order valence-electron chi connectivity index (χ1n) is 7.72. The largest absolute Gasteiger partial charge is 0.356 e. The van der Waals surface area contributed by atoms with E-state index in [-0.39, 0.29) is 5.91 Å². The van der Waals surface area contributed by atoms with E-state index in [2.05, 4.69) is 20.2 Å². The molecule has 3 heterocycles. The molecule has 1 aliphatic rings. The molecule has 1 saturated heterocycles. The minimum atomic E-state index is -0.0978. The molecule has 1 fully saturated rings. The normalized spacial score (nSPS) is 14.6. The van der Waals surface area contributed by atoms with Gasteiger partial charge >= 0.3 is 0 Å². The molecule has 5 heteroatoms. The number of pyridine rings is 2. The summed E-state index contributed by atoms with van der Waals surface area (Å²) in [5, 5.41) is 2.93. The molecule has 0 saturated carbocycles. The number of carbonyl (C=O) groups excluding carboxylic acids is 1. The van der Waals surface area contributed by atoms with Crippen LogP contribution in [0.2, 0.25) is 0 Å². The van der Waals surface area contributed by atoms with Gasteiger partial charge in [-0.3, -0.25) is 9.78 Å². The fourth-order valence-electron chi connectivity index (χ4n) is 2.70. The highest BCUT2D eigenvalue weighted by Gasteiger charge is 2.19. The Kier molecular flexibility index (Phi) is 4.63. The molecule has 0 unspecified atom stereocenters. The second-order valence-electron chi connectivity index (χ2n) is 5.43. The lowest BCUT2D eigenvalue weighted by Crippen LogP contribution is -2.33. The monoisotopic (exact) mass is 296 g/mol. The van der Waals surface area contributed by atoms with Gasteiger partial charge in [-0.25, -0.2) is 4.98 Å². The summed E-state index contributed by atoms with van der Waals surface area (Å²) in [4.78, 5) is 23.3. The number of anilines is 1. The predicted molar refractivity (Wildman–Crippen MR) is 85.7 cm³/mol. The average Bonchev–Trinajstić information content (AvgIpc) is 2.61. The van der Waals surface area contributed by atoms with Gasteiger partial charge in [-0.05, 0) is 43.5 Å². The third-order valence-electron chi connectivity index (χ3n) is 3.84. The van der Waals surface area contributed by atoms with E-state index in [1.165, 1.54) is 6.42 Å². The van der Waals surface area contributed by atoms with E-state index < -0.39 is 0 Å². The van der Waals surface area contributed by atoms with Gasteiger partial charge in [-0.2, -0.15) is 0 Å². The van der Waals surface area contributed by atoms with Crippen LogP contribution in [0.5, 0.6) is 0 Å². The molecule has 0 aromatic carbocycles. The second-order valence-corrected chi connectivity index (χ2v) is 5.43. The number of carbonyl (C=O) groups is 1. The van der Waals surface area contributed by atoms with Crippen molar-refractivity contribution in [2.75, 3.05) is 18.0 Å². The van der Waals surface area contributed by atoms with E-state index in [4.69, 9.17) is 0 Å². The zero-order valence-electron chi connectivity index (χ0n) is 12.5. The van der Waals surface area contributed by atoms with Crippen LogP contribution in [0.1, 0.15) is 35.3 Å². The Bertz CT molecular complexity index is 624. The van der Waals surface area contributed by atoms with Crippen LogP contribution in [0.4, 0.5) is 5.82 Å². The lowest BCUT2D eigenvalue weighted by Gasteiger charge is -2.29. The molecule has 1 amide bonds. The van der Waals surface area contributed by atoms with Crippen LogP contribution in [0.25, 0.3) is 0 Å². The Morgan fingerprint density at radius 3 is 2.64 bits per heavy atom. The van der Waals surface area contributed by atoms with Crippen LogP contribution in [-0.2, 0) is 6.54 Å². The summed E-state index contributed by atoms with van der Waals surface area (Å²) in [7, 11) is 0. The van der Waals surface area contributed by atoms with Gasteiger partial charge in [0.15, 0.2) is 0 Å². The first kappa shape index (κ1) is 14.5. The van der Waals surface area contributed by atoms with Crippen molar-refractivity contribution in [2.45, 2.75) is 25.8 Å². The molecule has 0 atom stereocenters. The zero-order valence-corrected chi connectivity index (χ0v) is 12.5. The van der Waals surface area contributed by atoms with Crippen molar-refractivity contribution in [1.29, 1.82) is 0 Å². The van der Waals surface area contributed by atoms with Crippen LogP contribution < -0.4 is 10.2 Å². The van der Waals surface area contributed by atoms with Gasteiger partial charge in [-0.1, -0.05) is 6.07 Å². The summed E-state index contributed by atoms with van der Waals surface area (Å²) in [6, 6.07) is 9.32. The van der Waals surface area contributed by atoms with Gasteiger partial charge < -0.3 is 10.2 Å². The lowest BCUT2D eigenvalue weighted by molar-refractivity contribution is 0.0950. The number of nitrogens with one attached hydrogen (secondary N) is 1. The zero-order chi connectivity index (χ0) is 15.2. The molecule has 1 aliphatic heterocycles. The summed E-state index contributed by atoms with van der Waals surface area (Å²) in [5.41, 5.74) is 1.49. The predicted octanol–water partition coefficient (Wildman–Crippen LogP) is 2.40. The van der Waals surface area contributed by atoms with Gasteiger partial charge in [-0.15, -0.1) is 0 Å². The summed E-state index contributed by atoms with van der Waals surface area (Å²) in [5.74, 6) is 0.694. The number of amides is 1. The van der Waals surface area contributed by atoms with Crippen LogP contribution in [-0.4, -0.2) is 29.0 Å². The van der Waals surface area contributed by atoms with Crippen molar-refractivity contribution in [1.82, 2.24) is 15.3 Å². The van der Waals surface area contributed by atoms with Gasteiger partial charge in [0, 0.05) is 25.5 Å². The smallest absolute Gasteiger partial charge is 0.255 e. The van der Waals surface area contributed by atoms with Crippen molar-refractivity contribution < 1.29 is 4.79 Å². The molecule has 2 aromatic heterocycles. The van der Waals surface area contributed by atoms with Gasteiger partial charge in [0.05, 0.1) is 17.8 Å². The third kappa shape index (κ3) is 3.42. The SMILES string of the molecule is O=C(NCc1ccccn1)c1cccnc1N1CCCCC1. The molecule has 0 spiro atoms. The number of nitrogens with zero attached hydrogens (tertiary/aromatic N) is 3. The molecular weight excluding hydrogens is 276 g/mol. The first-order valence-corrected chi connectivity index (χ1v) is 7.72. The minimum absolute atomic E-state index is 0.0978. The van der Waals surface area contributed by atoms with Crippen molar-refractivity contribution >= 4 is 11.7 Å². The van der Waals surface area contributed by atoms with Crippen molar-refractivity contribution in [3.8, 4) is 0 Å². The Balaban J connectivity index is 1.72. The summed E-state index contributed by atoms with van der Waals surface area (Å²) < 4.78 is 0. The number of rotatable bonds is 4. The highest BCUT2D eigenvalue weighted by Crippen LogP contribution is 2.21. The second kappa shape index (κ2) is 7.02. The molecule has 22 heavy (non-hydrogen) atoms. The van der Waals surface area contributed by atoms with Gasteiger partial charge in [0.25, 0.3) is 5.91 Å². The summed E-state index contributed by atoms with van der Waals surface area (Å²) in [6.45, 7) is 2.36. The van der Waals surface area contributed by atoms with E-state index in [1.54, 1.807) is 12.4 Å². The van der Waals surface area contributed by atoms with E-state index in [1.807, 2.05) is 30.3 Å². The van der Waals surface area contributed by atoms with Crippen LogP contribution >= 0.6 is 0 Å². The van der Waals surface area contributed by atoms with E-state index in [0.717, 1.165) is 37.4 Å². The molecule has 5 nitrogen and oxygen atoms in total. The Morgan fingerprint density at radius 1 is 1.05 bits per heavy atom. The highest BCUT2D eigenvalue weighted by molar-refractivity contribution is 5.98. The van der Waals surface area contributed by atoms with E-state index >= 15 is 0 Å². The molecule has 114 valence electrons. The molecule has 1 N–H and O–H groups in total. The first-order chi connectivity index (χ1) is 10.8. The third-order valence-corrected chi connectivity index (χ3v) is 3.84. The van der Waals surface area contributed by atoms with Gasteiger partial charge in [0.2, 0.25) is 0 Å². The number of hydrogen-bond donors (Lipinski definition) is 1. The molecule has 2 aromatic rings. The Labute approximate surface area is 130 Å². The average molecular weight is 296 g/mol. The van der Waals surface area contributed by atoms with Crippen LogP contribution in [0.3, 0.4) is 0 Å². The van der Waals surface area contributed by atoms with Gasteiger partial charge in [0.1, 0.15) is 5.82 Å². The van der Waals surface area contributed by atoms with E-state index in [9.17, 15) is 4.79 Å². The fraction of sp³-hybridized carbons (Fsp3) is 0.353. The topological polar surface area (TPSA) is 58.1 Å². The van der Waals surface area contributed by atoms with Crippen molar-refractivity contribution in [2.24, 2.45) is 0 Å². The number of aromatic nitrogens is 2. The Morgan fingerprint density at radius 2 is 1.86 bits per heavy atom.